The highest BCUT2D eigenvalue weighted by atomic mass is 16.3. The summed E-state index contributed by atoms with van der Waals surface area (Å²) in [4.78, 5) is 7.25. The fourth-order valence-corrected chi connectivity index (χ4v) is 11.4. The lowest BCUT2D eigenvalue weighted by molar-refractivity contribution is 0.0469. The zero-order chi connectivity index (χ0) is 55.6. The van der Waals surface area contributed by atoms with E-state index >= 15 is 0 Å². The van der Waals surface area contributed by atoms with E-state index in [-0.39, 0.29) is 18.3 Å². The summed E-state index contributed by atoms with van der Waals surface area (Å²) in [5, 5.41) is 60.2. The first-order valence-electron chi connectivity index (χ1n) is 34.5. The molecule has 0 amide bonds. The molecule has 0 saturated heterocycles. The molecule has 0 saturated carbocycles. The van der Waals surface area contributed by atoms with Gasteiger partial charge in [0.25, 0.3) is 0 Å². The minimum Gasteiger partial charge on any atom is -0.392 e. The monoisotopic (exact) mass is 1080 g/mol. The Labute approximate surface area is 476 Å². The van der Waals surface area contributed by atoms with Crippen LogP contribution in [0.1, 0.15) is 330 Å². The summed E-state index contributed by atoms with van der Waals surface area (Å²) in [5.74, 6) is 0. The van der Waals surface area contributed by atoms with E-state index in [4.69, 9.17) is 0 Å². The molecule has 0 aromatic rings. The summed E-state index contributed by atoms with van der Waals surface area (Å²) in [5.41, 5.74) is 0. The highest BCUT2D eigenvalue weighted by Crippen LogP contribution is 2.17. The minimum atomic E-state index is -0.401. The lowest BCUT2D eigenvalue weighted by atomic mass is 10.0. The number of rotatable bonds is 65. The Morgan fingerprint density at radius 1 is 0.237 bits per heavy atom. The van der Waals surface area contributed by atoms with Crippen molar-refractivity contribution in [3.8, 4) is 0 Å². The van der Waals surface area contributed by atoms with Crippen LogP contribution in [0.5, 0.6) is 0 Å². The third kappa shape index (κ3) is 55.5. The van der Waals surface area contributed by atoms with Crippen molar-refractivity contribution in [3.63, 3.8) is 0 Å². The van der Waals surface area contributed by atoms with Gasteiger partial charge in [0.05, 0.1) is 30.5 Å². The molecule has 76 heavy (non-hydrogen) atoms. The average molecular weight is 1080 g/mol. The van der Waals surface area contributed by atoms with Crippen molar-refractivity contribution in [1.82, 2.24) is 20.0 Å². The number of unbranched alkanes of at least 4 members (excludes halogenated alkanes) is 35. The van der Waals surface area contributed by atoms with Crippen molar-refractivity contribution in [2.75, 3.05) is 72.0 Å². The zero-order valence-electron chi connectivity index (χ0n) is 52.3. The van der Waals surface area contributed by atoms with Gasteiger partial charge in [-0.3, -0.25) is 14.7 Å². The molecule has 0 aliphatic rings. The minimum absolute atomic E-state index is 0.316. The first-order valence-corrected chi connectivity index (χ1v) is 34.5. The SMILES string of the molecule is CCCCCCCCCCC(O)CNCCN(CCCN(CCN(CC(O)CCCCCCCCCC)CC(O)CCCCCCCCCC)CC(O)CCCCCCCCCC)CC(O)CCCCCCCCCC. The Hall–Kier alpha value is -0.360. The van der Waals surface area contributed by atoms with E-state index in [1.165, 1.54) is 225 Å². The molecule has 0 spiro atoms. The van der Waals surface area contributed by atoms with E-state index in [1.807, 2.05) is 0 Å². The van der Waals surface area contributed by atoms with Crippen LogP contribution in [-0.4, -0.2) is 143 Å². The van der Waals surface area contributed by atoms with Crippen molar-refractivity contribution in [1.29, 1.82) is 0 Å². The maximum atomic E-state index is 11.6. The number of nitrogens with one attached hydrogen (secondary N) is 1. The lowest BCUT2D eigenvalue weighted by Crippen LogP contribution is -2.45. The van der Waals surface area contributed by atoms with Gasteiger partial charge in [0.15, 0.2) is 0 Å². The van der Waals surface area contributed by atoms with Gasteiger partial charge >= 0.3 is 0 Å². The quantitative estimate of drug-likeness (QED) is 0.0331. The van der Waals surface area contributed by atoms with Gasteiger partial charge in [0.1, 0.15) is 0 Å². The molecule has 9 heteroatoms. The smallest absolute Gasteiger partial charge is 0.0667 e. The molecule has 0 heterocycles. The third-order valence-corrected chi connectivity index (χ3v) is 16.5. The van der Waals surface area contributed by atoms with E-state index in [0.29, 0.717) is 32.7 Å². The van der Waals surface area contributed by atoms with Crippen molar-refractivity contribution < 1.29 is 25.5 Å². The second kappa shape index (κ2) is 60.7. The van der Waals surface area contributed by atoms with Crippen molar-refractivity contribution in [3.05, 3.63) is 0 Å². The largest absolute Gasteiger partial charge is 0.392 e. The summed E-state index contributed by atoms with van der Waals surface area (Å²) in [6.07, 6.45) is 53.9. The molecule has 0 radical (unpaired) electrons. The van der Waals surface area contributed by atoms with E-state index < -0.39 is 12.2 Å². The van der Waals surface area contributed by atoms with Crippen molar-refractivity contribution >= 4 is 0 Å². The predicted octanol–water partition coefficient (Wildman–Crippen LogP) is 16.3. The van der Waals surface area contributed by atoms with Crippen LogP contribution in [0.3, 0.4) is 0 Å². The van der Waals surface area contributed by atoms with E-state index in [2.05, 4.69) is 54.6 Å². The maximum absolute atomic E-state index is 11.6. The van der Waals surface area contributed by atoms with Gasteiger partial charge in [-0.2, -0.15) is 0 Å². The van der Waals surface area contributed by atoms with Crippen LogP contribution in [0.2, 0.25) is 0 Å². The van der Waals surface area contributed by atoms with Gasteiger partial charge in [-0.05, 0) is 51.6 Å². The highest BCUT2D eigenvalue weighted by molar-refractivity contribution is 4.75. The van der Waals surface area contributed by atoms with Crippen LogP contribution in [0, 0.1) is 0 Å². The van der Waals surface area contributed by atoms with Crippen LogP contribution in [0.25, 0.3) is 0 Å². The third-order valence-electron chi connectivity index (χ3n) is 16.5. The maximum Gasteiger partial charge on any atom is 0.0667 e. The van der Waals surface area contributed by atoms with Crippen LogP contribution in [0.15, 0.2) is 0 Å². The topological polar surface area (TPSA) is 123 Å². The fraction of sp³-hybridized carbons (Fsp3) is 1.00. The summed E-state index contributed by atoms with van der Waals surface area (Å²) >= 11 is 0. The van der Waals surface area contributed by atoms with Crippen LogP contribution >= 0.6 is 0 Å². The molecule has 0 bridgehead atoms. The molecule has 0 rings (SSSR count). The average Bonchev–Trinajstić information content (AvgIpc) is 3.40. The van der Waals surface area contributed by atoms with Crippen molar-refractivity contribution in [2.24, 2.45) is 0 Å². The molecule has 5 unspecified atom stereocenters. The Kier molecular flexibility index (Phi) is 60.4. The highest BCUT2D eigenvalue weighted by Gasteiger charge is 2.20. The molecule has 0 aliphatic heterocycles. The van der Waals surface area contributed by atoms with Crippen LogP contribution in [0.4, 0.5) is 0 Å². The molecule has 0 fully saturated rings. The fourth-order valence-electron chi connectivity index (χ4n) is 11.4. The van der Waals surface area contributed by atoms with Gasteiger partial charge in [-0.25, -0.2) is 0 Å². The summed E-state index contributed by atoms with van der Waals surface area (Å²) < 4.78 is 0. The van der Waals surface area contributed by atoms with E-state index in [1.54, 1.807) is 0 Å². The molecule has 0 aromatic carbocycles. The Morgan fingerprint density at radius 2 is 0.461 bits per heavy atom. The first kappa shape index (κ1) is 75.6. The van der Waals surface area contributed by atoms with Crippen LogP contribution < -0.4 is 5.32 Å². The van der Waals surface area contributed by atoms with Crippen LogP contribution in [-0.2, 0) is 0 Å². The molecule has 6 N–H and O–H groups in total. The number of aliphatic hydroxyl groups is 5. The summed E-state index contributed by atoms with van der Waals surface area (Å²) in [7, 11) is 0. The van der Waals surface area contributed by atoms with Gasteiger partial charge in [-0.15, -0.1) is 0 Å². The molecule has 0 aromatic heterocycles. The molecule has 9 nitrogen and oxygen atoms in total. The first-order chi connectivity index (χ1) is 37.2. The summed E-state index contributed by atoms with van der Waals surface area (Å²) in [6, 6.07) is 0. The second-order valence-electron chi connectivity index (χ2n) is 24.5. The second-order valence-corrected chi connectivity index (χ2v) is 24.5. The Balaban J connectivity index is 5.84. The number of aliphatic hydroxyl groups excluding tert-OH is 5. The molecule has 458 valence electrons. The number of hydrogen-bond donors (Lipinski definition) is 6. The van der Waals surface area contributed by atoms with Gasteiger partial charge in [-0.1, -0.05) is 291 Å². The number of hydrogen-bond acceptors (Lipinski definition) is 9. The standard InChI is InChI=1S/C67H140N4O5/c1-6-11-16-21-26-31-36-41-47-63(72)58-68-52-55-69(59-64(73)48-42-37-32-27-22-17-12-7-2)53-46-54-70(60-65(74)49-43-38-33-28-23-18-13-8-3)56-57-71(61-66(75)50-44-39-34-29-24-19-14-9-4)62-67(76)51-45-40-35-30-25-20-15-10-5/h63-68,72-76H,6-62H2,1-5H3. The molecular formula is C67H140N4O5. The number of nitrogens with zero attached hydrogens (tertiary/aromatic N) is 3. The molecule has 0 aliphatic carbocycles. The normalized spacial score (nSPS) is 14.2. The van der Waals surface area contributed by atoms with Gasteiger partial charge < -0.3 is 30.8 Å². The van der Waals surface area contributed by atoms with E-state index in [9.17, 15) is 25.5 Å². The van der Waals surface area contributed by atoms with Gasteiger partial charge in [0, 0.05) is 58.9 Å². The zero-order valence-corrected chi connectivity index (χ0v) is 52.3. The summed E-state index contributed by atoms with van der Waals surface area (Å²) in [6.45, 7) is 19.4. The van der Waals surface area contributed by atoms with Gasteiger partial charge in [0.2, 0.25) is 0 Å². The predicted molar refractivity (Wildman–Crippen MR) is 333 cm³/mol. The molecular weight excluding hydrogens is 941 g/mol. The Morgan fingerprint density at radius 3 is 0.750 bits per heavy atom. The molecule has 5 atom stereocenters. The Bertz CT molecular complexity index is 1060. The lowest BCUT2D eigenvalue weighted by Gasteiger charge is -2.32. The van der Waals surface area contributed by atoms with Crippen molar-refractivity contribution in [2.45, 2.75) is 360 Å². The van der Waals surface area contributed by atoms with E-state index in [0.717, 1.165) is 110 Å².